The Kier molecular flexibility index (Phi) is 4.80. The van der Waals surface area contributed by atoms with Crippen LogP contribution in [-0.2, 0) is 4.79 Å². The number of benzene rings is 1. The first kappa shape index (κ1) is 12.5. The Bertz CT molecular complexity index is 424. The van der Waals surface area contributed by atoms with E-state index in [0.29, 0.717) is 11.6 Å². The highest BCUT2D eigenvalue weighted by molar-refractivity contribution is 6.30. The summed E-state index contributed by atoms with van der Waals surface area (Å²) < 4.78 is 0. The average Bonchev–Trinajstić information content (AvgIpc) is 2.23. The van der Waals surface area contributed by atoms with Gasteiger partial charge in [-0.25, -0.2) is 0 Å². The Balaban J connectivity index is 2.53. The van der Waals surface area contributed by atoms with Crippen LogP contribution in [0.1, 0.15) is 12.5 Å². The molecule has 0 radical (unpaired) electrons. The van der Waals surface area contributed by atoms with Gasteiger partial charge in [0.15, 0.2) is 0 Å². The Morgan fingerprint density at radius 3 is 2.94 bits per heavy atom. The van der Waals surface area contributed by atoms with E-state index in [-0.39, 0.29) is 5.91 Å². The first-order valence-electron chi connectivity index (χ1n) is 4.94. The molecule has 0 aliphatic rings. The van der Waals surface area contributed by atoms with Crippen molar-refractivity contribution in [3.8, 4) is 0 Å². The summed E-state index contributed by atoms with van der Waals surface area (Å²) in [7, 11) is 0. The summed E-state index contributed by atoms with van der Waals surface area (Å²) in [6, 6.07) is 7.31. The molecule has 1 aromatic carbocycles. The third-order valence-electron chi connectivity index (χ3n) is 1.84. The van der Waals surface area contributed by atoms with Crippen LogP contribution < -0.4 is 5.32 Å². The third kappa shape index (κ3) is 4.80. The van der Waals surface area contributed by atoms with Gasteiger partial charge in [-0.1, -0.05) is 35.9 Å². The number of halogens is 1. The van der Waals surface area contributed by atoms with Crippen molar-refractivity contribution in [1.82, 2.24) is 5.32 Å². The van der Waals surface area contributed by atoms with Gasteiger partial charge in [-0.3, -0.25) is 4.79 Å². The first-order valence-corrected chi connectivity index (χ1v) is 5.31. The predicted molar refractivity (Wildman–Crippen MR) is 68.3 cm³/mol. The molecule has 0 aliphatic heterocycles. The van der Waals surface area contributed by atoms with E-state index in [1.54, 1.807) is 18.2 Å². The number of hydrogen-bond acceptors (Lipinski definition) is 1. The molecule has 2 nitrogen and oxygen atoms in total. The number of hydrogen-bond donors (Lipinski definition) is 1. The lowest BCUT2D eigenvalue weighted by atomic mass is 10.2. The fraction of sp³-hybridized carbons (Fsp3) is 0.154. The summed E-state index contributed by atoms with van der Waals surface area (Å²) in [5.74, 6) is -0.136. The lowest BCUT2D eigenvalue weighted by Crippen LogP contribution is -2.22. The molecule has 0 bridgehead atoms. The normalized spacial score (nSPS) is 10.4. The standard InChI is InChI=1S/C13H14ClNO/c1-10(2)9-15-13(16)7-6-11-4-3-5-12(14)8-11/h3-8H,1,9H2,2H3,(H,15,16)/b7-6+. The highest BCUT2D eigenvalue weighted by atomic mass is 35.5. The van der Waals surface area contributed by atoms with Crippen molar-refractivity contribution in [3.63, 3.8) is 0 Å². The van der Waals surface area contributed by atoms with Gasteiger partial charge in [0.05, 0.1) is 0 Å². The number of rotatable bonds is 4. The molecule has 0 atom stereocenters. The van der Waals surface area contributed by atoms with E-state index in [2.05, 4.69) is 11.9 Å². The molecule has 1 amide bonds. The smallest absolute Gasteiger partial charge is 0.244 e. The second-order valence-electron chi connectivity index (χ2n) is 3.56. The largest absolute Gasteiger partial charge is 0.349 e. The van der Waals surface area contributed by atoms with Gasteiger partial charge in [0.2, 0.25) is 5.91 Å². The molecule has 0 heterocycles. The average molecular weight is 236 g/mol. The fourth-order valence-electron chi connectivity index (χ4n) is 1.08. The van der Waals surface area contributed by atoms with Crippen LogP contribution in [0.2, 0.25) is 5.02 Å². The number of carbonyl (C=O) groups is 1. The molecule has 0 saturated carbocycles. The Labute approximate surface area is 101 Å². The monoisotopic (exact) mass is 235 g/mol. The van der Waals surface area contributed by atoms with Crippen molar-refractivity contribution >= 4 is 23.6 Å². The van der Waals surface area contributed by atoms with Crippen LogP contribution >= 0.6 is 11.6 Å². The Hall–Kier alpha value is -1.54. The second-order valence-corrected chi connectivity index (χ2v) is 4.00. The van der Waals surface area contributed by atoms with Crippen LogP contribution in [0.15, 0.2) is 42.5 Å². The Morgan fingerprint density at radius 2 is 2.31 bits per heavy atom. The zero-order valence-corrected chi connectivity index (χ0v) is 9.92. The summed E-state index contributed by atoms with van der Waals surface area (Å²) in [4.78, 5) is 11.3. The summed E-state index contributed by atoms with van der Waals surface area (Å²) >= 11 is 5.82. The van der Waals surface area contributed by atoms with Crippen molar-refractivity contribution in [2.45, 2.75) is 6.92 Å². The maximum Gasteiger partial charge on any atom is 0.244 e. The topological polar surface area (TPSA) is 29.1 Å². The zero-order valence-electron chi connectivity index (χ0n) is 9.16. The van der Waals surface area contributed by atoms with Crippen molar-refractivity contribution in [1.29, 1.82) is 0 Å². The molecule has 3 heteroatoms. The minimum Gasteiger partial charge on any atom is -0.349 e. The SMILES string of the molecule is C=C(C)CNC(=O)/C=C/c1cccc(Cl)c1. The summed E-state index contributed by atoms with van der Waals surface area (Å²) in [6.45, 7) is 6.06. The number of nitrogens with one attached hydrogen (secondary N) is 1. The van der Waals surface area contributed by atoms with Gasteiger partial charge in [0.1, 0.15) is 0 Å². The molecule has 1 rings (SSSR count). The van der Waals surface area contributed by atoms with Gasteiger partial charge in [-0.05, 0) is 30.7 Å². The van der Waals surface area contributed by atoms with Crippen LogP contribution in [0.5, 0.6) is 0 Å². The van der Waals surface area contributed by atoms with Crippen LogP contribution in [0.25, 0.3) is 6.08 Å². The number of carbonyl (C=O) groups excluding carboxylic acids is 1. The number of amides is 1. The van der Waals surface area contributed by atoms with Crippen molar-refractivity contribution in [3.05, 3.63) is 53.1 Å². The lowest BCUT2D eigenvalue weighted by Gasteiger charge is -2.00. The fourth-order valence-corrected chi connectivity index (χ4v) is 1.28. The van der Waals surface area contributed by atoms with Gasteiger partial charge in [0.25, 0.3) is 0 Å². The van der Waals surface area contributed by atoms with E-state index in [1.807, 2.05) is 19.1 Å². The molecular weight excluding hydrogens is 222 g/mol. The minimum absolute atomic E-state index is 0.136. The molecule has 1 N–H and O–H groups in total. The van der Waals surface area contributed by atoms with Gasteiger partial charge >= 0.3 is 0 Å². The third-order valence-corrected chi connectivity index (χ3v) is 2.08. The van der Waals surface area contributed by atoms with Crippen LogP contribution in [-0.4, -0.2) is 12.5 Å². The molecule has 0 spiro atoms. The summed E-state index contributed by atoms with van der Waals surface area (Å²) in [5, 5.41) is 3.37. The molecular formula is C13H14ClNO. The van der Waals surface area contributed by atoms with E-state index in [1.165, 1.54) is 6.08 Å². The van der Waals surface area contributed by atoms with Gasteiger partial charge < -0.3 is 5.32 Å². The zero-order chi connectivity index (χ0) is 12.0. The highest BCUT2D eigenvalue weighted by Crippen LogP contribution is 2.11. The minimum atomic E-state index is -0.136. The lowest BCUT2D eigenvalue weighted by molar-refractivity contribution is -0.116. The van der Waals surface area contributed by atoms with Crippen LogP contribution in [0.4, 0.5) is 0 Å². The maximum absolute atomic E-state index is 11.3. The molecule has 84 valence electrons. The molecule has 0 aromatic heterocycles. The van der Waals surface area contributed by atoms with E-state index in [0.717, 1.165) is 11.1 Å². The van der Waals surface area contributed by atoms with E-state index >= 15 is 0 Å². The maximum atomic E-state index is 11.3. The summed E-state index contributed by atoms with van der Waals surface area (Å²) in [6.07, 6.45) is 3.20. The van der Waals surface area contributed by atoms with Crippen LogP contribution in [0.3, 0.4) is 0 Å². The van der Waals surface area contributed by atoms with Crippen molar-refractivity contribution < 1.29 is 4.79 Å². The molecule has 0 fully saturated rings. The molecule has 16 heavy (non-hydrogen) atoms. The van der Waals surface area contributed by atoms with Gasteiger partial charge in [0, 0.05) is 17.6 Å². The second kappa shape index (κ2) is 6.13. The highest BCUT2D eigenvalue weighted by Gasteiger charge is 1.94. The quantitative estimate of drug-likeness (QED) is 0.631. The van der Waals surface area contributed by atoms with Gasteiger partial charge in [-0.2, -0.15) is 0 Å². The molecule has 1 aromatic rings. The molecule has 0 unspecified atom stereocenters. The van der Waals surface area contributed by atoms with E-state index in [9.17, 15) is 4.79 Å². The molecule has 0 saturated heterocycles. The Morgan fingerprint density at radius 1 is 1.56 bits per heavy atom. The summed E-state index contributed by atoms with van der Waals surface area (Å²) in [5.41, 5.74) is 1.82. The molecule has 0 aliphatic carbocycles. The van der Waals surface area contributed by atoms with E-state index in [4.69, 9.17) is 11.6 Å². The van der Waals surface area contributed by atoms with Crippen LogP contribution in [0, 0.1) is 0 Å². The predicted octanol–water partition coefficient (Wildman–Crippen LogP) is 3.05. The van der Waals surface area contributed by atoms with Crippen molar-refractivity contribution in [2.24, 2.45) is 0 Å². The van der Waals surface area contributed by atoms with E-state index < -0.39 is 0 Å². The van der Waals surface area contributed by atoms with Gasteiger partial charge in [-0.15, -0.1) is 0 Å². The van der Waals surface area contributed by atoms with Crippen molar-refractivity contribution in [2.75, 3.05) is 6.54 Å². The first-order chi connectivity index (χ1) is 7.58.